The van der Waals surface area contributed by atoms with Crippen LogP contribution in [0.4, 0.5) is 5.69 Å². The van der Waals surface area contributed by atoms with E-state index in [4.69, 9.17) is 21.2 Å². The van der Waals surface area contributed by atoms with E-state index in [1.807, 2.05) is 6.92 Å². The molecule has 0 radical (unpaired) electrons. The molecule has 0 saturated carbocycles. The molecular weight excluding hydrogens is 290 g/mol. The Morgan fingerprint density at radius 3 is 2.63 bits per heavy atom. The van der Waals surface area contributed by atoms with Crippen LogP contribution < -0.4 is 5.73 Å². The molecule has 1 aromatic rings. The summed E-state index contributed by atoms with van der Waals surface area (Å²) in [5.74, 6) is -0.734. The number of hydrogen-bond donors (Lipinski definition) is 1. The number of unbranched alkanes of at least 4 members (excludes halogenated alkanes) is 2. The lowest BCUT2D eigenvalue weighted by molar-refractivity contribution is 0.0494. The van der Waals surface area contributed by atoms with Gasteiger partial charge in [0.2, 0.25) is 0 Å². The molecule has 0 unspecified atom stereocenters. The van der Waals surface area contributed by atoms with Gasteiger partial charge in [-0.1, -0.05) is 19.8 Å². The number of rotatable bonds is 6. The second-order valence-electron chi connectivity index (χ2n) is 4.04. The molecule has 0 aliphatic heterocycles. The SMILES string of the molecule is CCCCCOC(=O)c1cc(N)ccc1S(=O)(=O)Cl. The fraction of sp³-hybridized carbons (Fsp3) is 0.417. The van der Waals surface area contributed by atoms with Crippen molar-refractivity contribution in [2.75, 3.05) is 12.3 Å². The van der Waals surface area contributed by atoms with Gasteiger partial charge >= 0.3 is 5.97 Å². The minimum atomic E-state index is -4.01. The maximum Gasteiger partial charge on any atom is 0.339 e. The lowest BCUT2D eigenvalue weighted by Gasteiger charge is -2.08. The van der Waals surface area contributed by atoms with Gasteiger partial charge in [-0.2, -0.15) is 0 Å². The first-order valence-corrected chi connectivity index (χ1v) is 8.18. The third kappa shape index (κ3) is 4.72. The van der Waals surface area contributed by atoms with E-state index in [1.54, 1.807) is 0 Å². The first kappa shape index (κ1) is 15.8. The number of esters is 1. The van der Waals surface area contributed by atoms with Gasteiger partial charge < -0.3 is 10.5 Å². The van der Waals surface area contributed by atoms with Crippen LogP contribution in [0.5, 0.6) is 0 Å². The number of halogens is 1. The molecule has 0 aliphatic rings. The first-order chi connectivity index (χ1) is 8.86. The Bertz CT molecular complexity index is 557. The molecule has 0 saturated heterocycles. The molecule has 106 valence electrons. The number of benzene rings is 1. The van der Waals surface area contributed by atoms with Crippen molar-refractivity contribution in [1.82, 2.24) is 0 Å². The van der Waals surface area contributed by atoms with Gasteiger partial charge in [0.05, 0.1) is 17.1 Å². The van der Waals surface area contributed by atoms with Gasteiger partial charge in [0.1, 0.15) is 0 Å². The summed E-state index contributed by atoms with van der Waals surface area (Å²) in [5, 5.41) is 0. The van der Waals surface area contributed by atoms with E-state index >= 15 is 0 Å². The predicted molar refractivity (Wildman–Crippen MR) is 73.7 cm³/mol. The number of hydrogen-bond acceptors (Lipinski definition) is 5. The maximum atomic E-state index is 11.8. The van der Waals surface area contributed by atoms with Crippen LogP contribution >= 0.6 is 10.7 Å². The number of ether oxygens (including phenoxy) is 1. The van der Waals surface area contributed by atoms with Gasteiger partial charge in [-0.05, 0) is 24.6 Å². The van der Waals surface area contributed by atoms with Crippen LogP contribution in [-0.4, -0.2) is 21.0 Å². The fourth-order valence-corrected chi connectivity index (χ4v) is 2.55. The van der Waals surface area contributed by atoms with Gasteiger partial charge in [0, 0.05) is 16.4 Å². The van der Waals surface area contributed by atoms with Crippen molar-refractivity contribution in [3.8, 4) is 0 Å². The average molecular weight is 306 g/mol. The third-order valence-corrected chi connectivity index (χ3v) is 3.85. The van der Waals surface area contributed by atoms with E-state index in [1.165, 1.54) is 18.2 Å². The summed E-state index contributed by atoms with van der Waals surface area (Å²) in [7, 11) is 1.25. The zero-order valence-corrected chi connectivity index (χ0v) is 12.1. The molecule has 5 nitrogen and oxygen atoms in total. The molecule has 0 fully saturated rings. The predicted octanol–water partition coefficient (Wildman–Crippen LogP) is 2.54. The van der Waals surface area contributed by atoms with Crippen LogP contribution in [0.15, 0.2) is 23.1 Å². The standard InChI is InChI=1S/C12H16ClNO4S/c1-2-3-4-7-18-12(15)10-8-9(14)5-6-11(10)19(13,16)17/h5-6,8H,2-4,7,14H2,1H3. The zero-order valence-electron chi connectivity index (χ0n) is 10.6. The molecular formula is C12H16ClNO4S. The van der Waals surface area contributed by atoms with Crippen LogP contribution in [0.1, 0.15) is 36.5 Å². The monoisotopic (exact) mass is 305 g/mol. The minimum Gasteiger partial charge on any atom is -0.462 e. The Morgan fingerprint density at radius 1 is 1.37 bits per heavy atom. The van der Waals surface area contributed by atoms with Crippen LogP contribution in [-0.2, 0) is 13.8 Å². The molecule has 2 N–H and O–H groups in total. The summed E-state index contributed by atoms with van der Waals surface area (Å²) >= 11 is 0. The van der Waals surface area contributed by atoms with Gasteiger partial charge in [-0.15, -0.1) is 0 Å². The molecule has 0 spiro atoms. The second-order valence-corrected chi connectivity index (χ2v) is 6.57. The Balaban J connectivity index is 2.92. The quantitative estimate of drug-likeness (QED) is 0.378. The third-order valence-electron chi connectivity index (χ3n) is 2.47. The lowest BCUT2D eigenvalue weighted by atomic mass is 10.2. The molecule has 1 aromatic carbocycles. The highest BCUT2D eigenvalue weighted by Gasteiger charge is 2.21. The molecule has 19 heavy (non-hydrogen) atoms. The van der Waals surface area contributed by atoms with Gasteiger partial charge in [-0.25, -0.2) is 13.2 Å². The van der Waals surface area contributed by atoms with Crippen LogP contribution in [0.25, 0.3) is 0 Å². The van der Waals surface area contributed by atoms with E-state index in [2.05, 4.69) is 0 Å². The number of carbonyl (C=O) groups is 1. The average Bonchev–Trinajstić information content (AvgIpc) is 2.32. The highest BCUT2D eigenvalue weighted by atomic mass is 35.7. The summed E-state index contributed by atoms with van der Waals surface area (Å²) in [5.41, 5.74) is 5.67. The highest BCUT2D eigenvalue weighted by Crippen LogP contribution is 2.23. The van der Waals surface area contributed by atoms with E-state index in [-0.39, 0.29) is 22.8 Å². The van der Waals surface area contributed by atoms with Crippen molar-refractivity contribution in [2.45, 2.75) is 31.1 Å². The summed E-state index contributed by atoms with van der Waals surface area (Å²) in [6.07, 6.45) is 2.66. The molecule has 7 heteroatoms. The first-order valence-electron chi connectivity index (χ1n) is 5.87. The Hall–Kier alpha value is -1.27. The summed E-state index contributed by atoms with van der Waals surface area (Å²) in [6.45, 7) is 2.27. The van der Waals surface area contributed by atoms with E-state index < -0.39 is 15.0 Å². The molecule has 0 bridgehead atoms. The van der Waals surface area contributed by atoms with E-state index in [0.717, 1.165) is 19.3 Å². The van der Waals surface area contributed by atoms with E-state index in [0.29, 0.717) is 0 Å². The summed E-state index contributed by atoms with van der Waals surface area (Å²) in [4.78, 5) is 11.5. The van der Waals surface area contributed by atoms with Crippen LogP contribution in [0.3, 0.4) is 0 Å². The molecule has 1 rings (SSSR count). The number of nitrogens with two attached hydrogens (primary N) is 1. The summed E-state index contributed by atoms with van der Waals surface area (Å²) < 4.78 is 27.7. The molecule has 0 aliphatic carbocycles. The molecule has 0 heterocycles. The fourth-order valence-electron chi connectivity index (χ4n) is 1.51. The Morgan fingerprint density at radius 2 is 2.05 bits per heavy atom. The van der Waals surface area contributed by atoms with Crippen molar-refractivity contribution in [3.63, 3.8) is 0 Å². The number of nitrogen functional groups attached to an aromatic ring is 1. The van der Waals surface area contributed by atoms with Crippen molar-refractivity contribution >= 4 is 31.4 Å². The summed E-state index contributed by atoms with van der Waals surface area (Å²) in [6, 6.07) is 3.81. The highest BCUT2D eigenvalue weighted by molar-refractivity contribution is 8.13. The zero-order chi connectivity index (χ0) is 14.5. The molecule has 0 amide bonds. The van der Waals surface area contributed by atoms with E-state index in [9.17, 15) is 13.2 Å². The van der Waals surface area contributed by atoms with Crippen LogP contribution in [0.2, 0.25) is 0 Å². The molecule has 0 aromatic heterocycles. The maximum absolute atomic E-state index is 11.8. The molecule has 0 atom stereocenters. The van der Waals surface area contributed by atoms with Crippen molar-refractivity contribution in [1.29, 1.82) is 0 Å². The Kier molecular flexibility index (Phi) is 5.62. The topological polar surface area (TPSA) is 86.5 Å². The van der Waals surface area contributed by atoms with Crippen molar-refractivity contribution < 1.29 is 17.9 Å². The van der Waals surface area contributed by atoms with Gasteiger partial charge in [0.25, 0.3) is 9.05 Å². The lowest BCUT2D eigenvalue weighted by Crippen LogP contribution is -2.11. The smallest absolute Gasteiger partial charge is 0.339 e. The van der Waals surface area contributed by atoms with Crippen molar-refractivity contribution in [2.24, 2.45) is 0 Å². The van der Waals surface area contributed by atoms with Gasteiger partial charge in [-0.3, -0.25) is 0 Å². The Labute approximate surface area is 117 Å². The normalized spacial score (nSPS) is 11.3. The van der Waals surface area contributed by atoms with Gasteiger partial charge in [0.15, 0.2) is 0 Å². The largest absolute Gasteiger partial charge is 0.462 e. The second kappa shape index (κ2) is 6.77. The number of anilines is 1. The minimum absolute atomic E-state index is 0.133. The van der Waals surface area contributed by atoms with Crippen molar-refractivity contribution in [3.05, 3.63) is 23.8 Å². The van der Waals surface area contributed by atoms with Crippen LogP contribution in [0, 0.1) is 0 Å². The number of carbonyl (C=O) groups excluding carboxylic acids is 1.